The number of ether oxygens (including phenoxy) is 1. The lowest BCUT2D eigenvalue weighted by Gasteiger charge is -2.25. The van der Waals surface area contributed by atoms with Crippen LogP contribution >= 0.6 is 0 Å². The molecular weight excluding hydrogens is 288 g/mol. The second-order valence-corrected chi connectivity index (χ2v) is 7.00. The molecule has 2 aliphatic heterocycles. The Morgan fingerprint density at radius 3 is 2.83 bits per heavy atom. The highest BCUT2D eigenvalue weighted by Gasteiger charge is 2.35. The lowest BCUT2D eigenvalue weighted by atomic mass is 9.92. The maximum Gasteiger partial charge on any atom is 0.220 e. The van der Waals surface area contributed by atoms with Crippen LogP contribution in [0.5, 0.6) is 5.75 Å². The summed E-state index contributed by atoms with van der Waals surface area (Å²) in [6.07, 6.45) is 4.04. The van der Waals surface area contributed by atoms with Crippen molar-refractivity contribution in [2.75, 3.05) is 13.1 Å². The van der Waals surface area contributed by atoms with Gasteiger partial charge in [-0.3, -0.25) is 4.79 Å². The topological polar surface area (TPSA) is 50.4 Å². The second kappa shape index (κ2) is 7.35. The summed E-state index contributed by atoms with van der Waals surface area (Å²) >= 11 is 0. The summed E-state index contributed by atoms with van der Waals surface area (Å²) in [6, 6.07) is 8.20. The minimum atomic E-state index is 0.0234. The second-order valence-electron chi connectivity index (χ2n) is 7.00. The number of benzene rings is 1. The van der Waals surface area contributed by atoms with Crippen LogP contribution in [0.2, 0.25) is 0 Å². The fourth-order valence-corrected chi connectivity index (χ4v) is 3.84. The SMILES string of the molecule is CC(NC(=O)CCC1CCNCC1)C1Oc2ccccc2C1C. The van der Waals surface area contributed by atoms with Crippen LogP contribution < -0.4 is 15.4 Å². The van der Waals surface area contributed by atoms with Crippen molar-refractivity contribution in [3.63, 3.8) is 0 Å². The third-order valence-electron chi connectivity index (χ3n) is 5.29. The summed E-state index contributed by atoms with van der Waals surface area (Å²) in [4.78, 5) is 12.3. The average Bonchev–Trinajstić information content (AvgIpc) is 2.91. The van der Waals surface area contributed by atoms with E-state index in [0.29, 0.717) is 18.3 Å². The van der Waals surface area contributed by atoms with Gasteiger partial charge in [-0.05, 0) is 51.3 Å². The van der Waals surface area contributed by atoms with E-state index in [2.05, 4.69) is 30.5 Å². The van der Waals surface area contributed by atoms with E-state index in [9.17, 15) is 4.79 Å². The number of nitrogens with one attached hydrogen (secondary N) is 2. The lowest BCUT2D eigenvalue weighted by molar-refractivity contribution is -0.122. The Kier molecular flexibility index (Phi) is 5.21. The van der Waals surface area contributed by atoms with E-state index >= 15 is 0 Å². The minimum Gasteiger partial charge on any atom is -0.487 e. The Morgan fingerprint density at radius 1 is 1.35 bits per heavy atom. The van der Waals surface area contributed by atoms with Crippen LogP contribution in [-0.4, -0.2) is 31.1 Å². The first-order valence-corrected chi connectivity index (χ1v) is 8.91. The molecule has 1 aromatic carbocycles. The molecule has 3 atom stereocenters. The number of piperidine rings is 1. The van der Waals surface area contributed by atoms with Gasteiger partial charge in [-0.25, -0.2) is 0 Å². The van der Waals surface area contributed by atoms with Crippen LogP contribution in [0.15, 0.2) is 24.3 Å². The van der Waals surface area contributed by atoms with Gasteiger partial charge in [-0.1, -0.05) is 25.1 Å². The van der Waals surface area contributed by atoms with Gasteiger partial charge in [0.25, 0.3) is 0 Å². The fourth-order valence-electron chi connectivity index (χ4n) is 3.84. The van der Waals surface area contributed by atoms with Gasteiger partial charge in [0, 0.05) is 17.9 Å². The Bertz CT molecular complexity index is 540. The number of carbonyl (C=O) groups excluding carboxylic acids is 1. The Balaban J connectivity index is 1.47. The summed E-state index contributed by atoms with van der Waals surface area (Å²) in [5, 5.41) is 6.52. The van der Waals surface area contributed by atoms with E-state index in [4.69, 9.17) is 4.74 Å². The van der Waals surface area contributed by atoms with Crippen molar-refractivity contribution < 1.29 is 9.53 Å². The molecule has 2 N–H and O–H groups in total. The fraction of sp³-hybridized carbons (Fsp3) is 0.632. The maximum absolute atomic E-state index is 12.3. The summed E-state index contributed by atoms with van der Waals surface area (Å²) in [6.45, 7) is 6.41. The molecule has 0 radical (unpaired) electrons. The molecule has 0 aliphatic carbocycles. The van der Waals surface area contributed by atoms with Crippen LogP contribution in [0, 0.1) is 5.92 Å². The third kappa shape index (κ3) is 3.86. The molecule has 0 saturated carbocycles. The average molecular weight is 316 g/mol. The molecule has 4 heteroatoms. The van der Waals surface area contributed by atoms with Crippen molar-refractivity contribution in [2.24, 2.45) is 5.92 Å². The highest BCUT2D eigenvalue weighted by atomic mass is 16.5. The van der Waals surface area contributed by atoms with E-state index in [0.717, 1.165) is 25.3 Å². The van der Waals surface area contributed by atoms with E-state index < -0.39 is 0 Å². The van der Waals surface area contributed by atoms with Crippen molar-refractivity contribution in [3.05, 3.63) is 29.8 Å². The van der Waals surface area contributed by atoms with Crippen LogP contribution in [0.4, 0.5) is 0 Å². The van der Waals surface area contributed by atoms with Crippen LogP contribution in [0.25, 0.3) is 0 Å². The number of carbonyl (C=O) groups is 1. The smallest absolute Gasteiger partial charge is 0.220 e. The van der Waals surface area contributed by atoms with Crippen molar-refractivity contribution >= 4 is 5.91 Å². The van der Waals surface area contributed by atoms with Crippen molar-refractivity contribution in [3.8, 4) is 5.75 Å². The molecule has 2 aliphatic rings. The van der Waals surface area contributed by atoms with E-state index in [1.165, 1.54) is 18.4 Å². The number of amides is 1. The van der Waals surface area contributed by atoms with Gasteiger partial charge < -0.3 is 15.4 Å². The van der Waals surface area contributed by atoms with Gasteiger partial charge in [0.1, 0.15) is 11.9 Å². The lowest BCUT2D eigenvalue weighted by Crippen LogP contribution is -2.44. The zero-order valence-electron chi connectivity index (χ0n) is 14.2. The molecule has 4 nitrogen and oxygen atoms in total. The Morgan fingerprint density at radius 2 is 2.09 bits per heavy atom. The van der Waals surface area contributed by atoms with Crippen molar-refractivity contribution in [1.82, 2.24) is 10.6 Å². The number of para-hydroxylation sites is 1. The van der Waals surface area contributed by atoms with Gasteiger partial charge in [-0.15, -0.1) is 0 Å². The molecule has 1 fully saturated rings. The van der Waals surface area contributed by atoms with Crippen molar-refractivity contribution in [2.45, 2.75) is 57.6 Å². The monoisotopic (exact) mass is 316 g/mol. The molecule has 1 amide bonds. The predicted octanol–water partition coefficient (Wildman–Crippen LogP) is 2.84. The van der Waals surface area contributed by atoms with Crippen LogP contribution in [0.3, 0.4) is 0 Å². The largest absolute Gasteiger partial charge is 0.487 e. The standard InChI is InChI=1S/C19H28N2O2/c1-13-16-5-3-4-6-17(16)23-19(13)14(2)21-18(22)8-7-15-9-11-20-12-10-15/h3-6,13-15,19-20H,7-12H2,1-2H3,(H,21,22). The predicted molar refractivity (Wildman–Crippen MR) is 91.7 cm³/mol. The first kappa shape index (κ1) is 16.3. The van der Waals surface area contributed by atoms with E-state index in [-0.39, 0.29) is 18.1 Å². The van der Waals surface area contributed by atoms with Crippen molar-refractivity contribution in [1.29, 1.82) is 0 Å². The summed E-state index contributed by atoms with van der Waals surface area (Å²) in [5.41, 5.74) is 1.24. The first-order valence-electron chi connectivity index (χ1n) is 8.91. The summed E-state index contributed by atoms with van der Waals surface area (Å²) in [7, 11) is 0. The normalized spacial score (nSPS) is 25.5. The van der Waals surface area contributed by atoms with Gasteiger partial charge in [-0.2, -0.15) is 0 Å². The van der Waals surface area contributed by atoms with E-state index in [1.54, 1.807) is 0 Å². The molecule has 1 saturated heterocycles. The first-order chi connectivity index (χ1) is 11.1. The van der Waals surface area contributed by atoms with Gasteiger partial charge >= 0.3 is 0 Å². The quantitative estimate of drug-likeness (QED) is 0.878. The van der Waals surface area contributed by atoms with Gasteiger partial charge in [0.15, 0.2) is 0 Å². The summed E-state index contributed by atoms with van der Waals surface area (Å²) < 4.78 is 6.05. The molecule has 126 valence electrons. The molecule has 0 spiro atoms. The minimum absolute atomic E-state index is 0.0234. The van der Waals surface area contributed by atoms with E-state index in [1.807, 2.05) is 18.2 Å². The molecule has 0 bridgehead atoms. The molecule has 3 unspecified atom stereocenters. The number of rotatable bonds is 5. The van der Waals surface area contributed by atoms with Crippen LogP contribution in [-0.2, 0) is 4.79 Å². The number of fused-ring (bicyclic) bond motifs is 1. The Labute approximate surface area is 139 Å². The van der Waals surface area contributed by atoms with Gasteiger partial charge in [0.05, 0.1) is 6.04 Å². The third-order valence-corrected chi connectivity index (χ3v) is 5.29. The molecule has 3 rings (SSSR count). The Hall–Kier alpha value is -1.55. The number of hydrogen-bond acceptors (Lipinski definition) is 3. The molecule has 23 heavy (non-hydrogen) atoms. The molecule has 2 heterocycles. The molecule has 1 aromatic rings. The highest BCUT2D eigenvalue weighted by molar-refractivity contribution is 5.76. The number of hydrogen-bond donors (Lipinski definition) is 2. The zero-order valence-corrected chi connectivity index (χ0v) is 14.2. The molecular formula is C19H28N2O2. The maximum atomic E-state index is 12.3. The highest BCUT2D eigenvalue weighted by Crippen LogP contribution is 2.38. The molecule has 0 aromatic heterocycles. The summed E-state index contributed by atoms with van der Waals surface area (Å²) in [5.74, 6) is 2.12. The van der Waals surface area contributed by atoms with Gasteiger partial charge in [0.2, 0.25) is 5.91 Å². The van der Waals surface area contributed by atoms with Crippen LogP contribution in [0.1, 0.15) is 51.0 Å². The zero-order chi connectivity index (χ0) is 16.2.